The molecule has 0 bridgehead atoms. The van der Waals surface area contributed by atoms with Gasteiger partial charge >= 0.3 is 5.97 Å². The number of hydrogen-bond acceptors (Lipinski definition) is 4. The average molecular weight is 205 g/mol. The zero-order chi connectivity index (χ0) is 11.0. The van der Waals surface area contributed by atoms with Gasteiger partial charge in [0.1, 0.15) is 0 Å². The first-order valence-corrected chi connectivity index (χ1v) is 4.45. The lowest BCUT2D eigenvalue weighted by atomic mass is 10.2. The SMILES string of the molecule is COC(=O)c1cc(N)c2ncc(C)n2c1. The van der Waals surface area contributed by atoms with Crippen LogP contribution >= 0.6 is 0 Å². The Balaban J connectivity index is 2.70. The van der Waals surface area contributed by atoms with Gasteiger partial charge in [-0.15, -0.1) is 0 Å². The maximum atomic E-state index is 11.3. The highest BCUT2D eigenvalue weighted by molar-refractivity contribution is 5.91. The van der Waals surface area contributed by atoms with Crippen LogP contribution in [0.1, 0.15) is 16.1 Å². The van der Waals surface area contributed by atoms with Gasteiger partial charge in [-0.25, -0.2) is 9.78 Å². The second kappa shape index (κ2) is 3.27. The summed E-state index contributed by atoms with van der Waals surface area (Å²) in [5.74, 6) is -0.406. The number of nitrogens with two attached hydrogens (primary N) is 1. The molecule has 0 saturated carbocycles. The second-order valence-electron chi connectivity index (χ2n) is 3.27. The Kier molecular flexibility index (Phi) is 2.07. The number of imidazole rings is 1. The Labute approximate surface area is 86.5 Å². The van der Waals surface area contributed by atoms with E-state index < -0.39 is 5.97 Å². The van der Waals surface area contributed by atoms with Crippen molar-refractivity contribution in [2.45, 2.75) is 6.92 Å². The maximum absolute atomic E-state index is 11.3. The zero-order valence-corrected chi connectivity index (χ0v) is 8.52. The van der Waals surface area contributed by atoms with E-state index in [4.69, 9.17) is 5.73 Å². The zero-order valence-electron chi connectivity index (χ0n) is 8.52. The lowest BCUT2D eigenvalue weighted by Gasteiger charge is -2.04. The maximum Gasteiger partial charge on any atom is 0.339 e. The summed E-state index contributed by atoms with van der Waals surface area (Å²) >= 11 is 0. The summed E-state index contributed by atoms with van der Waals surface area (Å²) in [6, 6.07) is 1.56. The Morgan fingerprint density at radius 3 is 3.00 bits per heavy atom. The fourth-order valence-corrected chi connectivity index (χ4v) is 1.46. The van der Waals surface area contributed by atoms with Crippen molar-refractivity contribution in [2.24, 2.45) is 0 Å². The molecule has 2 N–H and O–H groups in total. The van der Waals surface area contributed by atoms with E-state index in [1.807, 2.05) is 6.92 Å². The minimum Gasteiger partial charge on any atom is -0.465 e. The van der Waals surface area contributed by atoms with Crippen LogP contribution in [-0.2, 0) is 4.74 Å². The van der Waals surface area contributed by atoms with Gasteiger partial charge in [-0.1, -0.05) is 0 Å². The summed E-state index contributed by atoms with van der Waals surface area (Å²) in [6.07, 6.45) is 3.37. The summed E-state index contributed by atoms with van der Waals surface area (Å²) in [5, 5.41) is 0. The number of anilines is 1. The third-order valence-corrected chi connectivity index (χ3v) is 2.24. The summed E-state index contributed by atoms with van der Waals surface area (Å²) < 4.78 is 6.39. The number of aryl methyl sites for hydroxylation is 1. The monoisotopic (exact) mass is 205 g/mol. The van der Waals surface area contributed by atoms with E-state index in [-0.39, 0.29) is 0 Å². The van der Waals surface area contributed by atoms with Gasteiger partial charge in [-0.3, -0.25) is 0 Å². The van der Waals surface area contributed by atoms with Crippen molar-refractivity contribution in [3.05, 3.63) is 29.7 Å². The predicted molar refractivity (Wildman–Crippen MR) is 55.7 cm³/mol. The smallest absolute Gasteiger partial charge is 0.339 e. The number of carbonyl (C=O) groups is 1. The van der Waals surface area contributed by atoms with E-state index >= 15 is 0 Å². The molecule has 2 heterocycles. The van der Waals surface area contributed by atoms with Gasteiger partial charge in [0.15, 0.2) is 5.65 Å². The predicted octanol–water partition coefficient (Wildman–Crippen LogP) is 1.01. The largest absolute Gasteiger partial charge is 0.465 e. The number of hydrogen-bond donors (Lipinski definition) is 1. The molecule has 2 rings (SSSR count). The Morgan fingerprint density at radius 2 is 2.33 bits per heavy atom. The van der Waals surface area contributed by atoms with E-state index in [0.717, 1.165) is 5.69 Å². The molecule has 0 atom stereocenters. The Morgan fingerprint density at radius 1 is 1.60 bits per heavy atom. The summed E-state index contributed by atoms with van der Waals surface area (Å²) in [7, 11) is 1.34. The summed E-state index contributed by atoms with van der Waals surface area (Å²) in [4.78, 5) is 15.5. The van der Waals surface area contributed by atoms with Crippen molar-refractivity contribution in [1.82, 2.24) is 9.38 Å². The molecule has 0 aliphatic carbocycles. The minimum atomic E-state index is -0.406. The number of ether oxygens (including phenoxy) is 1. The molecular formula is C10H11N3O2. The van der Waals surface area contributed by atoms with Crippen LogP contribution < -0.4 is 5.73 Å². The summed E-state index contributed by atoms with van der Waals surface area (Å²) in [5.41, 5.74) is 8.23. The molecule has 15 heavy (non-hydrogen) atoms. The number of carbonyl (C=O) groups excluding carboxylic acids is 1. The number of rotatable bonds is 1. The molecule has 0 spiro atoms. The number of aromatic nitrogens is 2. The van der Waals surface area contributed by atoms with E-state index in [9.17, 15) is 4.79 Å². The fraction of sp³-hybridized carbons (Fsp3) is 0.200. The first-order chi connectivity index (χ1) is 7.13. The third kappa shape index (κ3) is 1.41. The van der Waals surface area contributed by atoms with Crippen molar-refractivity contribution in [3.8, 4) is 0 Å². The van der Waals surface area contributed by atoms with Gasteiger partial charge in [-0.2, -0.15) is 0 Å². The molecule has 0 unspecified atom stereocenters. The number of pyridine rings is 1. The molecule has 0 fully saturated rings. The topological polar surface area (TPSA) is 69.6 Å². The van der Waals surface area contributed by atoms with Gasteiger partial charge in [0.2, 0.25) is 0 Å². The lowest BCUT2D eigenvalue weighted by molar-refractivity contribution is 0.0600. The van der Waals surface area contributed by atoms with Crippen LogP contribution in [0.2, 0.25) is 0 Å². The van der Waals surface area contributed by atoms with Crippen molar-refractivity contribution in [3.63, 3.8) is 0 Å². The van der Waals surface area contributed by atoms with Gasteiger partial charge in [0, 0.05) is 18.1 Å². The Hall–Kier alpha value is -2.04. The lowest BCUT2D eigenvalue weighted by Crippen LogP contribution is -2.05. The molecule has 0 saturated heterocycles. The van der Waals surface area contributed by atoms with Gasteiger partial charge in [0.25, 0.3) is 0 Å². The molecule has 2 aromatic heterocycles. The van der Waals surface area contributed by atoms with Crippen molar-refractivity contribution < 1.29 is 9.53 Å². The van der Waals surface area contributed by atoms with Crippen LogP contribution in [0.25, 0.3) is 5.65 Å². The van der Waals surface area contributed by atoms with Crippen molar-refractivity contribution in [1.29, 1.82) is 0 Å². The van der Waals surface area contributed by atoms with Crippen LogP contribution in [0.4, 0.5) is 5.69 Å². The molecule has 78 valence electrons. The first-order valence-electron chi connectivity index (χ1n) is 4.45. The molecule has 2 aromatic rings. The van der Waals surface area contributed by atoms with Crippen molar-refractivity contribution >= 4 is 17.3 Å². The highest BCUT2D eigenvalue weighted by Gasteiger charge is 2.10. The van der Waals surface area contributed by atoms with E-state index in [2.05, 4.69) is 9.72 Å². The molecule has 0 radical (unpaired) electrons. The minimum absolute atomic E-state index is 0.406. The van der Waals surface area contributed by atoms with Gasteiger partial charge in [0.05, 0.1) is 18.4 Å². The van der Waals surface area contributed by atoms with Crippen LogP contribution in [0, 0.1) is 6.92 Å². The van der Waals surface area contributed by atoms with E-state index in [1.165, 1.54) is 7.11 Å². The number of fused-ring (bicyclic) bond motifs is 1. The third-order valence-electron chi connectivity index (χ3n) is 2.24. The van der Waals surface area contributed by atoms with Crippen LogP contribution in [0.15, 0.2) is 18.5 Å². The highest BCUT2D eigenvalue weighted by atomic mass is 16.5. The normalized spacial score (nSPS) is 10.5. The highest BCUT2D eigenvalue weighted by Crippen LogP contribution is 2.16. The standard InChI is InChI=1S/C10H11N3O2/c1-6-4-12-9-8(11)3-7(5-13(6)9)10(14)15-2/h3-5H,11H2,1-2H3. The molecule has 0 aliphatic heterocycles. The van der Waals surface area contributed by atoms with Crippen LogP contribution in [-0.4, -0.2) is 22.5 Å². The second-order valence-corrected chi connectivity index (χ2v) is 3.27. The molecule has 0 aromatic carbocycles. The molecule has 5 heteroatoms. The average Bonchev–Trinajstić information content (AvgIpc) is 2.60. The van der Waals surface area contributed by atoms with Crippen LogP contribution in [0.5, 0.6) is 0 Å². The number of esters is 1. The van der Waals surface area contributed by atoms with E-state index in [1.54, 1.807) is 22.9 Å². The van der Waals surface area contributed by atoms with Gasteiger partial charge < -0.3 is 14.9 Å². The first kappa shape index (κ1) is 9.51. The van der Waals surface area contributed by atoms with Gasteiger partial charge in [-0.05, 0) is 13.0 Å². The Bertz CT molecular complexity index is 531. The molecule has 0 amide bonds. The number of nitrogens with zero attached hydrogens (tertiary/aromatic N) is 2. The number of methoxy groups -OCH3 is 1. The quantitative estimate of drug-likeness (QED) is 0.705. The number of nitrogen functional groups attached to an aromatic ring is 1. The molecular weight excluding hydrogens is 194 g/mol. The van der Waals surface area contributed by atoms with Crippen molar-refractivity contribution in [2.75, 3.05) is 12.8 Å². The fourth-order valence-electron chi connectivity index (χ4n) is 1.46. The molecule has 0 aliphatic rings. The van der Waals surface area contributed by atoms with E-state index in [0.29, 0.717) is 16.9 Å². The summed E-state index contributed by atoms with van der Waals surface area (Å²) in [6.45, 7) is 1.89. The van der Waals surface area contributed by atoms with Crippen LogP contribution in [0.3, 0.4) is 0 Å². The molecule has 5 nitrogen and oxygen atoms in total.